The molecule has 1 aliphatic heterocycles. The maximum atomic E-state index is 4.57. The van der Waals surface area contributed by atoms with Crippen molar-refractivity contribution >= 4 is 28.2 Å². The first-order valence-corrected chi connectivity index (χ1v) is 8.73. The van der Waals surface area contributed by atoms with Crippen molar-refractivity contribution < 1.29 is 0 Å². The van der Waals surface area contributed by atoms with Crippen molar-refractivity contribution in [1.29, 1.82) is 0 Å². The molecule has 25 heavy (non-hydrogen) atoms. The van der Waals surface area contributed by atoms with Crippen molar-refractivity contribution in [3.8, 4) is 0 Å². The Balaban J connectivity index is 1.55. The number of benzene rings is 1. The molecule has 0 atom stereocenters. The summed E-state index contributed by atoms with van der Waals surface area (Å²) in [4.78, 5) is 17.1. The zero-order valence-corrected chi connectivity index (χ0v) is 15.0. The second kappa shape index (κ2) is 6.37. The number of aryl methyl sites for hydroxylation is 2. The molecule has 3 aromatic rings. The van der Waals surface area contributed by atoms with Crippen LogP contribution in [-0.2, 0) is 0 Å². The fourth-order valence-electron chi connectivity index (χ4n) is 3.30. The lowest BCUT2D eigenvalue weighted by atomic mass is 10.2. The molecule has 6 heteroatoms. The van der Waals surface area contributed by atoms with Gasteiger partial charge >= 0.3 is 0 Å². The second-order valence-electron chi connectivity index (χ2n) is 6.80. The molecule has 1 fully saturated rings. The van der Waals surface area contributed by atoms with E-state index in [-0.39, 0.29) is 0 Å². The van der Waals surface area contributed by atoms with Crippen molar-refractivity contribution in [1.82, 2.24) is 19.9 Å². The van der Waals surface area contributed by atoms with Gasteiger partial charge in [-0.25, -0.2) is 9.97 Å². The van der Waals surface area contributed by atoms with Crippen LogP contribution in [0.2, 0.25) is 0 Å². The van der Waals surface area contributed by atoms with Gasteiger partial charge in [0.25, 0.3) is 0 Å². The number of piperazine rings is 1. The molecule has 0 spiro atoms. The molecule has 0 bridgehead atoms. The number of aromatic nitrogens is 3. The Labute approximate surface area is 147 Å². The van der Waals surface area contributed by atoms with Gasteiger partial charge in [-0.3, -0.25) is 0 Å². The fourth-order valence-corrected chi connectivity index (χ4v) is 3.30. The Morgan fingerprint density at radius 3 is 2.44 bits per heavy atom. The van der Waals surface area contributed by atoms with Crippen LogP contribution in [0.15, 0.2) is 30.3 Å². The van der Waals surface area contributed by atoms with E-state index in [1.165, 1.54) is 5.69 Å². The first-order valence-electron chi connectivity index (χ1n) is 8.73. The maximum Gasteiger partial charge on any atom is 0.143 e. The summed E-state index contributed by atoms with van der Waals surface area (Å²) in [6.45, 7) is 8.34. The van der Waals surface area contributed by atoms with Crippen molar-refractivity contribution in [2.75, 3.05) is 43.4 Å². The van der Waals surface area contributed by atoms with Crippen LogP contribution in [0.3, 0.4) is 0 Å². The number of hydrogen-bond donors (Lipinski definition) is 2. The number of hydrogen-bond acceptors (Lipinski definition) is 5. The van der Waals surface area contributed by atoms with E-state index in [2.05, 4.69) is 67.4 Å². The van der Waals surface area contributed by atoms with E-state index in [0.717, 1.165) is 60.2 Å². The first kappa shape index (κ1) is 15.9. The van der Waals surface area contributed by atoms with Crippen molar-refractivity contribution in [2.24, 2.45) is 0 Å². The molecule has 0 unspecified atom stereocenters. The van der Waals surface area contributed by atoms with Crippen molar-refractivity contribution in [2.45, 2.75) is 13.8 Å². The van der Waals surface area contributed by atoms with E-state index < -0.39 is 0 Å². The quantitative estimate of drug-likeness (QED) is 0.770. The highest BCUT2D eigenvalue weighted by Crippen LogP contribution is 2.26. The molecule has 0 radical (unpaired) electrons. The highest BCUT2D eigenvalue weighted by Gasteiger charge is 2.14. The molecular weight excluding hydrogens is 312 g/mol. The fraction of sp³-hybridized carbons (Fsp3) is 0.368. The molecule has 1 aromatic carbocycles. The summed E-state index contributed by atoms with van der Waals surface area (Å²) in [5.74, 6) is 1.60. The highest BCUT2D eigenvalue weighted by molar-refractivity contribution is 5.89. The number of rotatable bonds is 3. The molecule has 2 aromatic heterocycles. The molecule has 2 N–H and O–H groups in total. The number of nitrogens with zero attached hydrogens (tertiary/aromatic N) is 4. The van der Waals surface area contributed by atoms with E-state index in [0.29, 0.717) is 0 Å². The molecule has 0 saturated carbocycles. The summed E-state index contributed by atoms with van der Waals surface area (Å²) in [5, 5.41) is 4.46. The molecule has 6 nitrogen and oxygen atoms in total. The second-order valence-corrected chi connectivity index (χ2v) is 6.80. The van der Waals surface area contributed by atoms with Crippen LogP contribution in [-0.4, -0.2) is 53.1 Å². The van der Waals surface area contributed by atoms with Crippen LogP contribution in [0.5, 0.6) is 0 Å². The van der Waals surface area contributed by atoms with Gasteiger partial charge in [-0.1, -0.05) is 0 Å². The van der Waals surface area contributed by atoms with Crippen LogP contribution < -0.4 is 10.2 Å². The highest BCUT2D eigenvalue weighted by atomic mass is 15.2. The smallest absolute Gasteiger partial charge is 0.143 e. The average molecular weight is 336 g/mol. The summed E-state index contributed by atoms with van der Waals surface area (Å²) < 4.78 is 0. The molecule has 0 aliphatic carbocycles. The largest absolute Gasteiger partial charge is 0.369 e. The van der Waals surface area contributed by atoms with Gasteiger partial charge in [-0.15, -0.1) is 0 Å². The van der Waals surface area contributed by atoms with Crippen LogP contribution in [0.4, 0.5) is 17.2 Å². The average Bonchev–Trinajstić information content (AvgIpc) is 2.97. The third-order valence-electron chi connectivity index (χ3n) is 4.73. The van der Waals surface area contributed by atoms with Crippen LogP contribution in [0.1, 0.15) is 11.5 Å². The lowest BCUT2D eigenvalue weighted by Gasteiger charge is -2.34. The summed E-state index contributed by atoms with van der Waals surface area (Å²) in [6, 6.07) is 10.7. The van der Waals surface area contributed by atoms with Gasteiger partial charge < -0.3 is 20.1 Å². The summed E-state index contributed by atoms with van der Waals surface area (Å²) in [6.07, 6.45) is 0. The number of aromatic amines is 1. The summed E-state index contributed by atoms with van der Waals surface area (Å²) >= 11 is 0. The van der Waals surface area contributed by atoms with Gasteiger partial charge in [0.2, 0.25) is 0 Å². The van der Waals surface area contributed by atoms with Crippen LogP contribution in [0.25, 0.3) is 11.0 Å². The number of likely N-dealkylation sites (N-methyl/N-ethyl adjacent to an activating group) is 1. The van der Waals surface area contributed by atoms with Crippen molar-refractivity contribution in [3.63, 3.8) is 0 Å². The number of H-pyrrole nitrogens is 1. The SMILES string of the molecule is Cc1nc(Nc2ccc(N3CCN(C)CC3)cc2)c2cc(C)[nH]c2n1. The predicted molar refractivity (Wildman–Crippen MR) is 103 cm³/mol. The molecule has 4 rings (SSSR count). The minimum absolute atomic E-state index is 0.755. The molecule has 1 aliphatic rings. The van der Waals surface area contributed by atoms with Gasteiger partial charge in [0.05, 0.1) is 5.39 Å². The zero-order valence-electron chi connectivity index (χ0n) is 15.0. The third kappa shape index (κ3) is 3.30. The molecule has 3 heterocycles. The minimum Gasteiger partial charge on any atom is -0.369 e. The Morgan fingerprint density at radius 1 is 1.00 bits per heavy atom. The third-order valence-corrected chi connectivity index (χ3v) is 4.73. The van der Waals surface area contributed by atoms with Gasteiger partial charge in [-0.2, -0.15) is 0 Å². The summed E-state index contributed by atoms with van der Waals surface area (Å²) in [5.41, 5.74) is 4.28. The normalized spacial score (nSPS) is 15.7. The van der Waals surface area contributed by atoms with Gasteiger partial charge in [0.15, 0.2) is 0 Å². The summed E-state index contributed by atoms with van der Waals surface area (Å²) in [7, 11) is 2.18. The van der Waals surface area contributed by atoms with E-state index in [4.69, 9.17) is 0 Å². The monoisotopic (exact) mass is 336 g/mol. The van der Waals surface area contributed by atoms with Gasteiger partial charge in [0.1, 0.15) is 17.3 Å². The standard InChI is InChI=1S/C19H24N6/c1-13-12-17-18(20-13)21-14(2)22-19(17)23-15-4-6-16(7-5-15)25-10-8-24(3)9-11-25/h4-7,12H,8-11H2,1-3H3,(H2,20,21,22,23). The first-order chi connectivity index (χ1) is 12.1. The van der Waals surface area contributed by atoms with E-state index in [1.807, 2.05) is 13.8 Å². The number of anilines is 3. The molecular formula is C19H24N6. The lowest BCUT2D eigenvalue weighted by Crippen LogP contribution is -2.44. The Morgan fingerprint density at radius 2 is 1.72 bits per heavy atom. The number of fused-ring (bicyclic) bond motifs is 1. The zero-order chi connectivity index (χ0) is 17.4. The van der Waals surface area contributed by atoms with E-state index >= 15 is 0 Å². The predicted octanol–water partition coefficient (Wildman–Crippen LogP) is 3.07. The minimum atomic E-state index is 0.755. The molecule has 1 saturated heterocycles. The van der Waals surface area contributed by atoms with E-state index in [1.54, 1.807) is 0 Å². The van der Waals surface area contributed by atoms with E-state index in [9.17, 15) is 0 Å². The topological polar surface area (TPSA) is 60.1 Å². The van der Waals surface area contributed by atoms with Crippen molar-refractivity contribution in [3.05, 3.63) is 41.9 Å². The lowest BCUT2D eigenvalue weighted by molar-refractivity contribution is 0.313. The van der Waals surface area contributed by atoms with Gasteiger partial charge in [0, 0.05) is 43.2 Å². The molecule has 0 amide bonds. The van der Waals surface area contributed by atoms with Gasteiger partial charge in [-0.05, 0) is 51.2 Å². The maximum absolute atomic E-state index is 4.57. The Kier molecular flexibility index (Phi) is 4.05. The van der Waals surface area contributed by atoms with Crippen LogP contribution in [0, 0.1) is 13.8 Å². The Bertz CT molecular complexity index is 875. The Hall–Kier alpha value is -2.60. The van der Waals surface area contributed by atoms with Crippen LogP contribution >= 0.6 is 0 Å². The molecule has 130 valence electrons. The number of nitrogens with one attached hydrogen (secondary N) is 2.